The summed E-state index contributed by atoms with van der Waals surface area (Å²) >= 11 is 1.59. The van der Waals surface area contributed by atoms with Gasteiger partial charge in [-0.2, -0.15) is 0 Å². The Morgan fingerprint density at radius 3 is 3.00 bits per heavy atom. The Hall–Kier alpha value is -1.44. The third kappa shape index (κ3) is 3.81. The monoisotopic (exact) mass is 311 g/mol. The molecule has 0 spiro atoms. The van der Waals surface area contributed by atoms with Crippen LogP contribution in [-0.4, -0.2) is 46.6 Å². The van der Waals surface area contributed by atoms with Gasteiger partial charge in [0.15, 0.2) is 5.60 Å². The number of nitrogens with two attached hydrogens (primary N) is 1. The number of aliphatic hydroxyl groups is 1. The number of carbonyl (C=O) groups is 2. The van der Waals surface area contributed by atoms with E-state index in [0.717, 1.165) is 4.88 Å². The van der Waals surface area contributed by atoms with E-state index >= 15 is 0 Å². The summed E-state index contributed by atoms with van der Waals surface area (Å²) < 4.78 is 0. The Balaban J connectivity index is 1.91. The molecule has 2 atom stereocenters. The van der Waals surface area contributed by atoms with Crippen molar-refractivity contribution in [2.45, 2.75) is 38.0 Å². The number of amides is 2. The molecule has 6 nitrogen and oxygen atoms in total. The Bertz CT molecular complexity index is 506. The molecule has 116 valence electrons. The quantitative estimate of drug-likeness (QED) is 0.717. The van der Waals surface area contributed by atoms with E-state index in [-0.39, 0.29) is 12.5 Å². The predicted molar refractivity (Wildman–Crippen MR) is 80.6 cm³/mol. The lowest BCUT2D eigenvalue weighted by atomic mass is 9.91. The topological polar surface area (TPSA) is 95.7 Å². The zero-order valence-electron chi connectivity index (χ0n) is 12.0. The van der Waals surface area contributed by atoms with E-state index < -0.39 is 17.6 Å². The molecule has 21 heavy (non-hydrogen) atoms. The Kier molecular flexibility index (Phi) is 4.97. The first-order chi connectivity index (χ1) is 9.92. The molecule has 2 rings (SSSR count). The molecule has 0 aromatic carbocycles. The van der Waals surface area contributed by atoms with Crippen LogP contribution in [0.2, 0.25) is 0 Å². The van der Waals surface area contributed by atoms with E-state index in [2.05, 4.69) is 5.32 Å². The number of hydrogen-bond donors (Lipinski definition) is 3. The van der Waals surface area contributed by atoms with Crippen molar-refractivity contribution in [3.63, 3.8) is 0 Å². The standard InChI is InChI=1S/C14H21N3O3S/c1-10(12(18)16-8-11-4-2-7-21-11)17-6-3-5-14(20,9-17)13(15)19/h2,4,7,10,20H,3,5-6,8-9H2,1H3,(H2,15,19)(H,16,18). The third-order valence-electron chi connectivity index (χ3n) is 3.90. The zero-order chi connectivity index (χ0) is 15.5. The largest absolute Gasteiger partial charge is 0.379 e. The van der Waals surface area contributed by atoms with Gasteiger partial charge in [-0.1, -0.05) is 6.07 Å². The molecule has 1 aromatic heterocycles. The van der Waals surface area contributed by atoms with Crippen LogP contribution in [0, 0.1) is 0 Å². The van der Waals surface area contributed by atoms with Crippen LogP contribution in [-0.2, 0) is 16.1 Å². The van der Waals surface area contributed by atoms with Crippen LogP contribution >= 0.6 is 11.3 Å². The van der Waals surface area contributed by atoms with Crippen molar-refractivity contribution < 1.29 is 14.7 Å². The minimum Gasteiger partial charge on any atom is -0.379 e. The maximum absolute atomic E-state index is 12.2. The number of β-amino-alcohol motifs (C(OH)–C–C–N with tert-alkyl or cyclic N) is 1. The predicted octanol–water partition coefficient (Wildman–Crippen LogP) is 0.0650. The van der Waals surface area contributed by atoms with Crippen molar-refractivity contribution in [1.82, 2.24) is 10.2 Å². The minimum absolute atomic E-state index is 0.107. The highest BCUT2D eigenvalue weighted by atomic mass is 32.1. The second kappa shape index (κ2) is 6.55. The van der Waals surface area contributed by atoms with Crippen LogP contribution in [0.3, 0.4) is 0 Å². The highest BCUT2D eigenvalue weighted by Gasteiger charge is 2.40. The fourth-order valence-corrected chi connectivity index (χ4v) is 3.15. The van der Waals surface area contributed by atoms with E-state index in [9.17, 15) is 14.7 Å². The van der Waals surface area contributed by atoms with Gasteiger partial charge in [0.05, 0.1) is 12.6 Å². The molecule has 1 aliphatic heterocycles. The molecule has 1 aromatic rings. The molecular weight excluding hydrogens is 290 g/mol. The van der Waals surface area contributed by atoms with Gasteiger partial charge in [0, 0.05) is 11.4 Å². The van der Waals surface area contributed by atoms with Gasteiger partial charge in [-0.05, 0) is 37.8 Å². The summed E-state index contributed by atoms with van der Waals surface area (Å²) in [5.74, 6) is -0.837. The first kappa shape index (κ1) is 15.9. The molecular formula is C14H21N3O3S. The highest BCUT2D eigenvalue weighted by Crippen LogP contribution is 2.22. The lowest BCUT2D eigenvalue weighted by molar-refractivity contribution is -0.145. The second-order valence-electron chi connectivity index (χ2n) is 5.44. The number of nitrogens with zero attached hydrogens (tertiary/aromatic N) is 1. The lowest BCUT2D eigenvalue weighted by Crippen LogP contribution is -2.59. The third-order valence-corrected chi connectivity index (χ3v) is 4.78. The first-order valence-electron chi connectivity index (χ1n) is 6.99. The molecule has 2 amide bonds. The second-order valence-corrected chi connectivity index (χ2v) is 6.48. The number of rotatable bonds is 5. The molecule has 0 bridgehead atoms. The van der Waals surface area contributed by atoms with Crippen molar-refractivity contribution in [2.24, 2.45) is 5.73 Å². The normalized spacial score (nSPS) is 24.5. The van der Waals surface area contributed by atoms with Crippen molar-refractivity contribution in [3.8, 4) is 0 Å². The highest BCUT2D eigenvalue weighted by molar-refractivity contribution is 7.09. The van der Waals surface area contributed by atoms with Crippen molar-refractivity contribution in [3.05, 3.63) is 22.4 Å². The molecule has 0 radical (unpaired) electrons. The van der Waals surface area contributed by atoms with Crippen LogP contribution in [0.1, 0.15) is 24.6 Å². The molecule has 0 aliphatic carbocycles. The Morgan fingerprint density at radius 2 is 2.38 bits per heavy atom. The summed E-state index contributed by atoms with van der Waals surface area (Å²) in [6.07, 6.45) is 0.990. The van der Waals surface area contributed by atoms with Crippen LogP contribution < -0.4 is 11.1 Å². The van der Waals surface area contributed by atoms with Gasteiger partial charge in [0.25, 0.3) is 5.91 Å². The average molecular weight is 311 g/mol. The maximum atomic E-state index is 12.2. The Labute approximate surface area is 127 Å². The van der Waals surface area contributed by atoms with Crippen molar-refractivity contribution in [2.75, 3.05) is 13.1 Å². The van der Waals surface area contributed by atoms with Crippen LogP contribution in [0.15, 0.2) is 17.5 Å². The molecule has 7 heteroatoms. The zero-order valence-corrected chi connectivity index (χ0v) is 12.9. The van der Waals surface area contributed by atoms with E-state index in [1.54, 1.807) is 23.2 Å². The number of thiophene rings is 1. The van der Waals surface area contributed by atoms with Crippen LogP contribution in [0.4, 0.5) is 0 Å². The number of nitrogens with one attached hydrogen (secondary N) is 1. The van der Waals surface area contributed by atoms with Gasteiger partial charge in [0.1, 0.15) is 0 Å². The molecule has 1 aliphatic rings. The van der Waals surface area contributed by atoms with Crippen molar-refractivity contribution in [1.29, 1.82) is 0 Å². The molecule has 0 saturated carbocycles. The Morgan fingerprint density at radius 1 is 1.62 bits per heavy atom. The summed E-state index contributed by atoms with van der Waals surface area (Å²) in [5.41, 5.74) is 3.72. The lowest BCUT2D eigenvalue weighted by Gasteiger charge is -2.39. The summed E-state index contributed by atoms with van der Waals surface area (Å²) in [6.45, 7) is 3.05. The summed E-state index contributed by atoms with van der Waals surface area (Å²) in [6, 6.07) is 3.49. The number of piperidine rings is 1. The molecule has 2 heterocycles. The number of hydrogen-bond acceptors (Lipinski definition) is 5. The number of likely N-dealkylation sites (tertiary alicyclic amines) is 1. The summed E-state index contributed by atoms with van der Waals surface area (Å²) in [5, 5.41) is 15.0. The molecule has 1 fully saturated rings. The van der Waals surface area contributed by atoms with Gasteiger partial charge in [-0.3, -0.25) is 14.5 Å². The van der Waals surface area contributed by atoms with Crippen molar-refractivity contribution >= 4 is 23.2 Å². The van der Waals surface area contributed by atoms with Gasteiger partial charge in [-0.15, -0.1) is 11.3 Å². The summed E-state index contributed by atoms with van der Waals surface area (Å²) in [4.78, 5) is 26.4. The molecule has 2 unspecified atom stereocenters. The van der Waals surface area contributed by atoms with Gasteiger partial charge in [0.2, 0.25) is 5.91 Å². The van der Waals surface area contributed by atoms with E-state index in [0.29, 0.717) is 25.9 Å². The van der Waals surface area contributed by atoms with Gasteiger partial charge in [-0.25, -0.2) is 0 Å². The van der Waals surface area contributed by atoms with Crippen LogP contribution in [0.25, 0.3) is 0 Å². The summed E-state index contributed by atoms with van der Waals surface area (Å²) in [7, 11) is 0. The first-order valence-corrected chi connectivity index (χ1v) is 7.87. The van der Waals surface area contributed by atoms with Gasteiger partial charge >= 0.3 is 0 Å². The van der Waals surface area contributed by atoms with Gasteiger partial charge < -0.3 is 16.2 Å². The van der Waals surface area contributed by atoms with E-state index in [1.807, 2.05) is 17.5 Å². The molecule has 1 saturated heterocycles. The maximum Gasteiger partial charge on any atom is 0.250 e. The molecule has 4 N–H and O–H groups in total. The minimum atomic E-state index is -1.53. The van der Waals surface area contributed by atoms with E-state index in [4.69, 9.17) is 5.73 Å². The van der Waals surface area contributed by atoms with Crippen LogP contribution in [0.5, 0.6) is 0 Å². The number of carbonyl (C=O) groups excluding carboxylic acids is 2. The average Bonchev–Trinajstić information content (AvgIpc) is 2.97. The fourth-order valence-electron chi connectivity index (χ4n) is 2.50. The fraction of sp³-hybridized carbons (Fsp3) is 0.571. The van der Waals surface area contributed by atoms with E-state index in [1.165, 1.54) is 0 Å². The smallest absolute Gasteiger partial charge is 0.250 e. The number of primary amides is 1. The SMILES string of the molecule is CC(C(=O)NCc1cccs1)N1CCCC(O)(C(N)=O)C1.